The van der Waals surface area contributed by atoms with E-state index in [0.29, 0.717) is 32.4 Å². The lowest BCUT2D eigenvalue weighted by Crippen LogP contribution is -2.44. The van der Waals surface area contributed by atoms with E-state index in [0.717, 1.165) is 18.4 Å². The van der Waals surface area contributed by atoms with Crippen molar-refractivity contribution in [2.75, 3.05) is 26.3 Å². The third kappa shape index (κ3) is 6.66. The van der Waals surface area contributed by atoms with Crippen molar-refractivity contribution < 1.29 is 24.2 Å². The van der Waals surface area contributed by atoms with E-state index < -0.39 is 5.92 Å². The van der Waals surface area contributed by atoms with Crippen molar-refractivity contribution in [2.45, 2.75) is 51.1 Å². The molecule has 1 saturated heterocycles. The maximum Gasteiger partial charge on any atom is 0.306 e. The molecule has 0 unspecified atom stereocenters. The molecule has 3 rings (SSSR count). The lowest BCUT2D eigenvalue weighted by molar-refractivity contribution is -0.149. The number of ether oxygens (including phenoxy) is 1. The molecule has 0 aromatic heterocycles. The number of carbonyl (C=O) groups is 3. The van der Waals surface area contributed by atoms with Crippen LogP contribution < -0.4 is 0 Å². The molecule has 1 N–H and O–H groups in total. The van der Waals surface area contributed by atoms with Crippen LogP contribution in [0.5, 0.6) is 0 Å². The fourth-order valence-electron chi connectivity index (χ4n) is 4.20. The molecular formula is C24H32N2O5. The number of aliphatic hydroxyl groups excluding tert-OH is 1. The van der Waals surface area contributed by atoms with Crippen LogP contribution in [0.3, 0.4) is 0 Å². The molecule has 2 aliphatic rings. The Bertz CT molecular complexity index is 779. The van der Waals surface area contributed by atoms with Crippen LogP contribution in [0, 0.1) is 5.92 Å². The summed E-state index contributed by atoms with van der Waals surface area (Å²) in [4.78, 5) is 41.7. The highest BCUT2D eigenvalue weighted by atomic mass is 16.5. The third-order valence-corrected chi connectivity index (χ3v) is 5.91. The van der Waals surface area contributed by atoms with Gasteiger partial charge in [0.1, 0.15) is 6.61 Å². The largest absolute Gasteiger partial charge is 0.463 e. The zero-order valence-electron chi connectivity index (χ0n) is 17.9. The summed E-state index contributed by atoms with van der Waals surface area (Å²) in [5.74, 6) is -0.895. The van der Waals surface area contributed by atoms with Gasteiger partial charge in [-0.1, -0.05) is 42.5 Å². The van der Waals surface area contributed by atoms with Gasteiger partial charge in [-0.2, -0.15) is 0 Å². The number of esters is 1. The number of hydrogen-bond donors (Lipinski definition) is 1. The van der Waals surface area contributed by atoms with Gasteiger partial charge in [0.25, 0.3) is 0 Å². The summed E-state index contributed by atoms with van der Waals surface area (Å²) < 4.78 is 5.36. The van der Waals surface area contributed by atoms with Gasteiger partial charge in [0.15, 0.2) is 0 Å². The Balaban J connectivity index is 1.73. The fourth-order valence-corrected chi connectivity index (χ4v) is 4.20. The second-order valence-corrected chi connectivity index (χ2v) is 8.18. The van der Waals surface area contributed by atoms with Crippen LogP contribution in [0.1, 0.15) is 44.1 Å². The number of aliphatic hydroxyl groups is 1. The first-order valence-electron chi connectivity index (χ1n) is 11.1. The summed E-state index contributed by atoms with van der Waals surface area (Å²) in [6.07, 6.45) is 6.89. The highest BCUT2D eigenvalue weighted by Crippen LogP contribution is 2.25. The first-order chi connectivity index (χ1) is 15.1. The SMILES string of the molecule is O=C1CC/C=C/C[C@@H](CC(=O)N(CCO)Cc2ccccc2)C(=O)N2CCC[C@H]2CO1. The topological polar surface area (TPSA) is 87.2 Å². The van der Waals surface area contributed by atoms with Gasteiger partial charge in [-0.05, 0) is 31.2 Å². The van der Waals surface area contributed by atoms with E-state index in [2.05, 4.69) is 0 Å². The molecule has 0 spiro atoms. The molecule has 0 radical (unpaired) electrons. The molecule has 1 aromatic rings. The normalized spacial score (nSPS) is 23.3. The number of carbonyl (C=O) groups excluding carboxylic acids is 3. The third-order valence-electron chi connectivity index (χ3n) is 5.91. The predicted molar refractivity (Wildman–Crippen MR) is 116 cm³/mol. The Kier molecular flexibility index (Phi) is 8.64. The van der Waals surface area contributed by atoms with Crippen molar-refractivity contribution in [1.29, 1.82) is 0 Å². The number of hydrogen-bond acceptors (Lipinski definition) is 5. The fraction of sp³-hybridized carbons (Fsp3) is 0.542. The first-order valence-corrected chi connectivity index (χ1v) is 11.1. The molecule has 7 heteroatoms. The van der Waals surface area contributed by atoms with Crippen LogP contribution >= 0.6 is 0 Å². The summed E-state index contributed by atoms with van der Waals surface area (Å²) in [5.41, 5.74) is 0.982. The molecule has 2 amide bonds. The maximum absolute atomic E-state index is 13.3. The second kappa shape index (κ2) is 11.6. The van der Waals surface area contributed by atoms with E-state index >= 15 is 0 Å². The van der Waals surface area contributed by atoms with Crippen molar-refractivity contribution in [3.63, 3.8) is 0 Å². The van der Waals surface area contributed by atoms with Crippen LogP contribution in [-0.4, -0.2) is 65.0 Å². The highest BCUT2D eigenvalue weighted by Gasteiger charge is 2.35. The van der Waals surface area contributed by atoms with E-state index in [1.807, 2.05) is 42.5 Å². The van der Waals surface area contributed by atoms with E-state index in [-0.39, 0.29) is 50.0 Å². The van der Waals surface area contributed by atoms with Gasteiger partial charge in [-0.25, -0.2) is 0 Å². The predicted octanol–water partition coefficient (Wildman–Crippen LogP) is 2.29. The van der Waals surface area contributed by atoms with E-state index in [1.54, 1.807) is 9.80 Å². The molecule has 0 saturated carbocycles. The number of amides is 2. The lowest BCUT2D eigenvalue weighted by Gasteiger charge is -2.30. The number of allylic oxidation sites excluding steroid dienone is 2. The Hall–Kier alpha value is -2.67. The van der Waals surface area contributed by atoms with E-state index in [9.17, 15) is 19.5 Å². The molecule has 168 valence electrons. The summed E-state index contributed by atoms with van der Waals surface area (Å²) in [6.45, 7) is 1.35. The lowest BCUT2D eigenvalue weighted by atomic mass is 9.97. The average molecular weight is 429 g/mol. The molecular weight excluding hydrogens is 396 g/mol. The van der Waals surface area contributed by atoms with Gasteiger partial charge in [0.2, 0.25) is 11.8 Å². The van der Waals surface area contributed by atoms with Crippen molar-refractivity contribution in [3.8, 4) is 0 Å². The molecule has 2 atom stereocenters. The van der Waals surface area contributed by atoms with Crippen LogP contribution in [0.25, 0.3) is 0 Å². The highest BCUT2D eigenvalue weighted by molar-refractivity contribution is 5.86. The molecule has 1 fully saturated rings. The molecule has 0 bridgehead atoms. The Morgan fingerprint density at radius 2 is 2.00 bits per heavy atom. The van der Waals surface area contributed by atoms with Crippen molar-refractivity contribution in [2.24, 2.45) is 5.92 Å². The summed E-state index contributed by atoms with van der Waals surface area (Å²) >= 11 is 0. The van der Waals surface area contributed by atoms with Gasteiger partial charge in [-0.3, -0.25) is 14.4 Å². The van der Waals surface area contributed by atoms with Crippen LogP contribution in [0.4, 0.5) is 0 Å². The standard InChI is InChI=1S/C24H32N2O5/c27-15-14-25(17-19-8-3-1-4-9-19)22(28)16-20-10-5-2-6-12-23(29)31-18-21-11-7-13-26(21)24(20)30/h1-5,8-9,20-21,27H,6-7,10-18H2/b5-2+/t20-,21-/m0/s1. The Morgan fingerprint density at radius 3 is 2.77 bits per heavy atom. The molecule has 7 nitrogen and oxygen atoms in total. The van der Waals surface area contributed by atoms with E-state index in [4.69, 9.17) is 4.74 Å². The van der Waals surface area contributed by atoms with Gasteiger partial charge >= 0.3 is 5.97 Å². The quantitative estimate of drug-likeness (QED) is 0.555. The zero-order chi connectivity index (χ0) is 22.1. The second-order valence-electron chi connectivity index (χ2n) is 8.18. The minimum Gasteiger partial charge on any atom is -0.463 e. The summed E-state index contributed by atoms with van der Waals surface area (Å²) in [6, 6.07) is 9.52. The minimum atomic E-state index is -0.462. The molecule has 31 heavy (non-hydrogen) atoms. The maximum atomic E-state index is 13.3. The summed E-state index contributed by atoms with van der Waals surface area (Å²) in [5, 5.41) is 9.45. The minimum absolute atomic E-state index is 0.0548. The number of fused-ring (bicyclic) bond motifs is 1. The molecule has 2 heterocycles. The number of rotatable bonds is 6. The molecule has 0 aliphatic carbocycles. The zero-order valence-corrected chi connectivity index (χ0v) is 17.9. The molecule has 2 aliphatic heterocycles. The monoisotopic (exact) mass is 428 g/mol. The summed E-state index contributed by atoms with van der Waals surface area (Å²) in [7, 11) is 0. The van der Waals surface area contributed by atoms with Crippen LogP contribution in [0.2, 0.25) is 0 Å². The van der Waals surface area contributed by atoms with Gasteiger partial charge < -0.3 is 19.6 Å². The van der Waals surface area contributed by atoms with E-state index in [1.165, 1.54) is 0 Å². The Labute approximate surface area is 183 Å². The number of cyclic esters (lactones) is 1. The van der Waals surface area contributed by atoms with Crippen LogP contribution in [-0.2, 0) is 25.7 Å². The van der Waals surface area contributed by atoms with Crippen molar-refractivity contribution >= 4 is 17.8 Å². The van der Waals surface area contributed by atoms with Gasteiger partial charge in [0.05, 0.1) is 18.6 Å². The van der Waals surface area contributed by atoms with Gasteiger partial charge in [0, 0.05) is 32.5 Å². The average Bonchev–Trinajstić information content (AvgIpc) is 3.24. The van der Waals surface area contributed by atoms with Crippen molar-refractivity contribution in [1.82, 2.24) is 9.80 Å². The first kappa shape index (κ1) is 23.0. The number of nitrogens with zero attached hydrogens (tertiary/aromatic N) is 2. The van der Waals surface area contributed by atoms with Gasteiger partial charge in [-0.15, -0.1) is 0 Å². The van der Waals surface area contributed by atoms with Crippen LogP contribution in [0.15, 0.2) is 42.5 Å². The smallest absolute Gasteiger partial charge is 0.306 e. The molecule has 1 aromatic carbocycles. The number of benzene rings is 1. The van der Waals surface area contributed by atoms with Crippen molar-refractivity contribution in [3.05, 3.63) is 48.0 Å². The Morgan fingerprint density at radius 1 is 1.19 bits per heavy atom.